The van der Waals surface area contributed by atoms with E-state index in [1.165, 1.54) is 27.6 Å². The number of ether oxygens (including phenoxy) is 1. The predicted octanol–water partition coefficient (Wildman–Crippen LogP) is 5.05. The van der Waals surface area contributed by atoms with Crippen molar-refractivity contribution in [2.45, 2.75) is 31.3 Å². The molecule has 15 heteroatoms. The normalized spacial score (nSPS) is 11.3. The highest BCUT2D eigenvalue weighted by Crippen LogP contribution is 2.31. The maximum Gasteiger partial charge on any atom is 0.352 e. The van der Waals surface area contributed by atoms with Crippen LogP contribution in [0, 0.1) is 0 Å². The number of carboxylic acids is 1. The van der Waals surface area contributed by atoms with Crippen LogP contribution in [-0.2, 0) is 22.1 Å². The molecule has 2 aromatic heterocycles. The number of aromatic nitrogens is 5. The van der Waals surface area contributed by atoms with Gasteiger partial charge in [0.15, 0.2) is 6.61 Å². The van der Waals surface area contributed by atoms with Crippen LogP contribution >= 0.6 is 35.0 Å². The van der Waals surface area contributed by atoms with Crippen LogP contribution in [0.2, 0.25) is 10.0 Å². The Morgan fingerprint density at radius 3 is 2.43 bits per heavy atom. The Labute approximate surface area is 255 Å². The van der Waals surface area contributed by atoms with E-state index in [9.17, 15) is 14.4 Å². The van der Waals surface area contributed by atoms with Gasteiger partial charge in [0, 0.05) is 19.3 Å². The fourth-order valence-corrected chi connectivity index (χ4v) is 4.92. The Balaban J connectivity index is 1.30. The Morgan fingerprint density at radius 1 is 1.02 bits per heavy atom. The summed E-state index contributed by atoms with van der Waals surface area (Å²) in [7, 11) is 1.56. The monoisotopic (exact) mass is 631 g/mol. The van der Waals surface area contributed by atoms with Crippen LogP contribution in [0.4, 0.5) is 11.4 Å². The van der Waals surface area contributed by atoms with Crippen molar-refractivity contribution in [3.8, 4) is 11.4 Å². The molecule has 3 N–H and O–H groups in total. The average Bonchev–Trinajstić information content (AvgIpc) is 3.53. The van der Waals surface area contributed by atoms with Crippen LogP contribution < -0.4 is 15.4 Å². The fourth-order valence-electron chi connectivity index (χ4n) is 3.76. The van der Waals surface area contributed by atoms with Crippen LogP contribution in [0.3, 0.4) is 0 Å². The molecular weight excluding hydrogens is 605 g/mol. The van der Waals surface area contributed by atoms with Crippen LogP contribution in [-0.4, -0.2) is 60.0 Å². The van der Waals surface area contributed by atoms with Gasteiger partial charge in [0.25, 0.3) is 5.91 Å². The van der Waals surface area contributed by atoms with Crippen LogP contribution in [0.25, 0.3) is 5.69 Å². The molecular formula is C27H27Cl2N7O5S. The van der Waals surface area contributed by atoms with Crippen molar-refractivity contribution < 1.29 is 24.2 Å². The third kappa shape index (κ3) is 7.60. The molecule has 0 fully saturated rings. The molecule has 0 radical (unpaired) electrons. The number of aryl methyl sites for hydroxylation is 1. The van der Waals surface area contributed by atoms with E-state index in [0.717, 1.165) is 17.3 Å². The van der Waals surface area contributed by atoms with Crippen molar-refractivity contribution in [2.75, 3.05) is 23.0 Å². The van der Waals surface area contributed by atoms with Gasteiger partial charge in [0.05, 0.1) is 32.9 Å². The first kappa shape index (κ1) is 30.9. The molecule has 0 aliphatic carbocycles. The average molecular weight is 633 g/mol. The van der Waals surface area contributed by atoms with Crippen LogP contribution in [0.5, 0.6) is 5.75 Å². The third-order valence-electron chi connectivity index (χ3n) is 5.91. The van der Waals surface area contributed by atoms with Gasteiger partial charge in [0.2, 0.25) is 11.1 Å². The van der Waals surface area contributed by atoms with E-state index in [1.54, 1.807) is 19.2 Å². The molecule has 4 aromatic rings. The number of carboxylic acid groups (broad SMARTS) is 1. The summed E-state index contributed by atoms with van der Waals surface area (Å²) >= 11 is 14.0. The van der Waals surface area contributed by atoms with E-state index in [2.05, 4.69) is 46.9 Å². The molecule has 0 unspecified atom stereocenters. The number of hydrogen-bond donors (Lipinski definition) is 3. The SMILES string of the molecule is Cn1cc(NC(=O)COc2ccc(NC(=O)CSc3nnnn3-c3ccc(C(C)(C)C)cc3Cl)c(Cl)c2)cc1C(=O)O. The summed E-state index contributed by atoms with van der Waals surface area (Å²) < 4.78 is 8.34. The van der Waals surface area contributed by atoms with Crippen molar-refractivity contribution >= 4 is 64.1 Å². The zero-order valence-electron chi connectivity index (χ0n) is 23.0. The molecule has 0 spiro atoms. The second-order valence-electron chi connectivity index (χ2n) is 10.1. The molecule has 0 aliphatic rings. The third-order valence-corrected chi connectivity index (χ3v) is 7.44. The molecule has 42 heavy (non-hydrogen) atoms. The van der Waals surface area contributed by atoms with E-state index < -0.39 is 11.9 Å². The highest BCUT2D eigenvalue weighted by Gasteiger charge is 2.19. The van der Waals surface area contributed by atoms with Gasteiger partial charge < -0.3 is 25.0 Å². The minimum atomic E-state index is -1.11. The Hall–Kier alpha value is -4.07. The summed E-state index contributed by atoms with van der Waals surface area (Å²) in [4.78, 5) is 36.0. The largest absolute Gasteiger partial charge is 0.484 e. The highest BCUT2D eigenvalue weighted by molar-refractivity contribution is 7.99. The molecule has 0 atom stereocenters. The minimum Gasteiger partial charge on any atom is -0.484 e. The molecule has 0 saturated heterocycles. The lowest BCUT2D eigenvalue weighted by atomic mass is 9.87. The van der Waals surface area contributed by atoms with Crippen molar-refractivity contribution in [3.63, 3.8) is 0 Å². The van der Waals surface area contributed by atoms with Gasteiger partial charge in [-0.15, -0.1) is 5.10 Å². The predicted molar refractivity (Wildman–Crippen MR) is 160 cm³/mol. The molecule has 2 amide bonds. The van der Waals surface area contributed by atoms with Crippen molar-refractivity contribution in [3.05, 3.63) is 70.0 Å². The maximum atomic E-state index is 12.7. The zero-order chi connectivity index (χ0) is 30.6. The van der Waals surface area contributed by atoms with Gasteiger partial charge in [-0.05, 0) is 51.7 Å². The highest BCUT2D eigenvalue weighted by atomic mass is 35.5. The van der Waals surface area contributed by atoms with E-state index >= 15 is 0 Å². The summed E-state index contributed by atoms with van der Waals surface area (Å²) in [6, 6.07) is 11.6. The van der Waals surface area contributed by atoms with Crippen molar-refractivity contribution in [1.29, 1.82) is 0 Å². The molecule has 12 nitrogen and oxygen atoms in total. The van der Waals surface area contributed by atoms with Gasteiger partial charge in [-0.2, -0.15) is 4.68 Å². The van der Waals surface area contributed by atoms with E-state index in [-0.39, 0.29) is 34.4 Å². The van der Waals surface area contributed by atoms with Crippen molar-refractivity contribution in [1.82, 2.24) is 24.8 Å². The quantitative estimate of drug-likeness (QED) is 0.204. The molecule has 220 valence electrons. The lowest BCUT2D eigenvalue weighted by Crippen LogP contribution is -2.20. The number of nitrogens with one attached hydrogen (secondary N) is 2. The molecule has 2 heterocycles. The lowest BCUT2D eigenvalue weighted by Gasteiger charge is -2.20. The Kier molecular flexibility index (Phi) is 9.44. The van der Waals surface area contributed by atoms with E-state index in [0.29, 0.717) is 33.0 Å². The maximum absolute atomic E-state index is 12.7. The number of benzene rings is 2. The number of aromatic carboxylic acids is 1. The topological polar surface area (TPSA) is 153 Å². The summed E-state index contributed by atoms with van der Waals surface area (Å²) in [6.45, 7) is 5.94. The summed E-state index contributed by atoms with van der Waals surface area (Å²) in [5.41, 5.74) is 2.30. The first-order chi connectivity index (χ1) is 19.8. The second-order valence-corrected chi connectivity index (χ2v) is 11.9. The Morgan fingerprint density at radius 2 is 1.79 bits per heavy atom. The van der Waals surface area contributed by atoms with Crippen LogP contribution in [0.15, 0.2) is 53.8 Å². The van der Waals surface area contributed by atoms with Gasteiger partial charge in [-0.25, -0.2) is 4.79 Å². The number of hydrogen-bond acceptors (Lipinski definition) is 8. The number of nitrogens with zero attached hydrogens (tertiary/aromatic N) is 5. The van der Waals surface area contributed by atoms with E-state index in [4.69, 9.17) is 33.0 Å². The summed E-state index contributed by atoms with van der Waals surface area (Å²) in [6.07, 6.45) is 1.48. The fraction of sp³-hybridized carbons (Fsp3) is 0.259. The number of carbonyl (C=O) groups excluding carboxylic acids is 2. The molecule has 0 aliphatic heterocycles. The smallest absolute Gasteiger partial charge is 0.352 e. The van der Waals surface area contributed by atoms with Gasteiger partial charge in [0.1, 0.15) is 11.4 Å². The number of rotatable bonds is 10. The number of halogens is 2. The lowest BCUT2D eigenvalue weighted by molar-refractivity contribution is -0.118. The number of thioether (sulfide) groups is 1. The van der Waals surface area contributed by atoms with Gasteiger partial charge >= 0.3 is 5.97 Å². The van der Waals surface area contributed by atoms with Gasteiger partial charge in [-0.1, -0.05) is 61.8 Å². The molecule has 0 bridgehead atoms. The summed E-state index contributed by atoms with van der Waals surface area (Å²) in [5, 5.41) is 27.3. The van der Waals surface area contributed by atoms with Gasteiger partial charge in [-0.3, -0.25) is 9.59 Å². The number of tetrazole rings is 1. The second kappa shape index (κ2) is 12.8. The molecule has 0 saturated carbocycles. The molecule has 2 aromatic carbocycles. The Bertz CT molecular complexity index is 1650. The number of carbonyl (C=O) groups is 3. The minimum absolute atomic E-state index is 0.00407. The first-order valence-electron chi connectivity index (χ1n) is 12.4. The number of amides is 2. The summed E-state index contributed by atoms with van der Waals surface area (Å²) in [5.74, 6) is -1.65. The van der Waals surface area contributed by atoms with E-state index in [1.807, 2.05) is 18.2 Å². The number of anilines is 2. The van der Waals surface area contributed by atoms with Crippen LogP contribution in [0.1, 0.15) is 36.8 Å². The standard InChI is InChI=1S/C27H27Cl2N7O5S/c1-27(2,3)15-5-8-21(19(29)9-15)36-26(32-33-34-36)42-14-24(38)31-20-7-6-17(11-18(20)28)41-13-23(37)30-16-10-22(25(39)40)35(4)12-16/h5-12H,13-14H2,1-4H3,(H,30,37)(H,31,38)(H,39,40). The van der Waals surface area contributed by atoms with Crippen molar-refractivity contribution in [2.24, 2.45) is 7.05 Å². The zero-order valence-corrected chi connectivity index (χ0v) is 25.3. The molecule has 4 rings (SSSR count). The first-order valence-corrected chi connectivity index (χ1v) is 14.2.